The van der Waals surface area contributed by atoms with Gasteiger partial charge < -0.3 is 16.0 Å². The molecule has 3 N–H and O–H groups in total. The molecular weight excluding hydrogens is 443 g/mol. The summed E-state index contributed by atoms with van der Waals surface area (Å²) in [6.07, 6.45) is 3.74. The Morgan fingerprint density at radius 2 is 2.00 bits per heavy atom. The predicted octanol–water partition coefficient (Wildman–Crippen LogP) is 4.77. The van der Waals surface area contributed by atoms with Crippen LogP contribution < -0.4 is 16.0 Å². The van der Waals surface area contributed by atoms with Crippen LogP contribution in [0.5, 0.6) is 0 Å². The number of benzene rings is 1. The number of nitrogens with two attached hydrogens (primary N) is 1. The van der Waals surface area contributed by atoms with E-state index >= 15 is 0 Å². The molecule has 0 unspecified atom stereocenters. The van der Waals surface area contributed by atoms with E-state index in [1.54, 1.807) is 6.20 Å². The summed E-state index contributed by atoms with van der Waals surface area (Å²) >= 11 is 20.4. The van der Waals surface area contributed by atoms with Crippen LogP contribution in [0.25, 0.3) is 0 Å². The van der Waals surface area contributed by atoms with E-state index in [-0.39, 0.29) is 0 Å². The summed E-state index contributed by atoms with van der Waals surface area (Å²) in [7, 11) is 0. The van der Waals surface area contributed by atoms with E-state index in [4.69, 9.17) is 41.2 Å². The zero-order valence-corrected chi connectivity index (χ0v) is 17.4. The zero-order chi connectivity index (χ0) is 18.2. The van der Waals surface area contributed by atoms with Crippen molar-refractivity contribution in [3.8, 4) is 0 Å². The number of aromatic nitrogens is 1. The Kier molecular flexibility index (Phi) is 8.22. The van der Waals surface area contributed by atoms with Gasteiger partial charge in [-0.05, 0) is 70.8 Å². The number of hydrogen-bond donors (Lipinski definition) is 2. The van der Waals surface area contributed by atoms with E-state index < -0.39 is 0 Å². The number of anilines is 1. The van der Waals surface area contributed by atoms with Crippen molar-refractivity contribution < 1.29 is 0 Å². The van der Waals surface area contributed by atoms with E-state index in [0.717, 1.165) is 41.8 Å². The van der Waals surface area contributed by atoms with E-state index in [0.29, 0.717) is 21.7 Å². The normalized spacial score (nSPS) is 10.5. The molecule has 0 radical (unpaired) electrons. The van der Waals surface area contributed by atoms with Gasteiger partial charge in [-0.1, -0.05) is 29.3 Å². The maximum atomic E-state index is 6.13. The van der Waals surface area contributed by atoms with Crippen LogP contribution in [0.3, 0.4) is 0 Å². The minimum absolute atomic E-state index is 0.335. The molecular formula is C17H19BrCl2N4S. The SMILES string of the molecule is NC(=S)NCCCCN(Cc1ccc(Cl)c(Cl)c1)c1ccc(Br)cn1. The number of halogens is 3. The molecule has 25 heavy (non-hydrogen) atoms. The standard InChI is InChI=1S/C17H19BrCl2N4S/c18-13-4-6-16(23-10-13)24(8-2-1-7-22-17(21)25)11-12-3-5-14(19)15(20)9-12/h3-6,9-10H,1-2,7-8,11H2,(H3,21,22,25). The number of hydrogen-bond acceptors (Lipinski definition) is 3. The molecule has 1 aromatic carbocycles. The summed E-state index contributed by atoms with van der Waals surface area (Å²) in [6.45, 7) is 2.33. The van der Waals surface area contributed by atoms with Crippen molar-refractivity contribution in [2.24, 2.45) is 5.73 Å². The van der Waals surface area contributed by atoms with Gasteiger partial charge in [0, 0.05) is 30.3 Å². The van der Waals surface area contributed by atoms with Gasteiger partial charge in [-0.2, -0.15) is 0 Å². The van der Waals surface area contributed by atoms with Gasteiger partial charge in [0.05, 0.1) is 10.0 Å². The lowest BCUT2D eigenvalue weighted by atomic mass is 10.2. The first-order valence-corrected chi connectivity index (χ1v) is 9.75. The molecule has 0 spiro atoms. The first-order valence-electron chi connectivity index (χ1n) is 7.79. The molecule has 8 heteroatoms. The summed E-state index contributed by atoms with van der Waals surface area (Å²) < 4.78 is 0.950. The Balaban J connectivity index is 2.04. The lowest BCUT2D eigenvalue weighted by Gasteiger charge is -2.24. The molecule has 0 atom stereocenters. The molecule has 0 fully saturated rings. The molecule has 134 valence electrons. The third-order valence-corrected chi connectivity index (χ3v) is 4.90. The quantitative estimate of drug-likeness (QED) is 0.438. The number of unbranched alkanes of at least 4 members (excludes halogenated alkanes) is 1. The summed E-state index contributed by atoms with van der Waals surface area (Å²) in [5.41, 5.74) is 6.52. The van der Waals surface area contributed by atoms with Crippen molar-refractivity contribution in [3.63, 3.8) is 0 Å². The highest BCUT2D eigenvalue weighted by Crippen LogP contribution is 2.24. The molecule has 0 aliphatic carbocycles. The fraction of sp³-hybridized carbons (Fsp3) is 0.294. The Labute approximate surface area is 171 Å². The van der Waals surface area contributed by atoms with E-state index in [2.05, 4.69) is 31.1 Å². The van der Waals surface area contributed by atoms with Crippen LogP contribution in [0.4, 0.5) is 5.82 Å². The van der Waals surface area contributed by atoms with Crippen molar-refractivity contribution in [2.45, 2.75) is 19.4 Å². The van der Waals surface area contributed by atoms with E-state index in [9.17, 15) is 0 Å². The molecule has 2 aromatic rings. The summed E-state index contributed by atoms with van der Waals surface area (Å²) in [4.78, 5) is 6.72. The maximum absolute atomic E-state index is 6.13. The molecule has 2 rings (SSSR count). The highest BCUT2D eigenvalue weighted by molar-refractivity contribution is 9.10. The van der Waals surface area contributed by atoms with Gasteiger partial charge in [-0.25, -0.2) is 4.98 Å². The van der Waals surface area contributed by atoms with Gasteiger partial charge in [-0.3, -0.25) is 0 Å². The second kappa shape index (κ2) is 10.2. The molecule has 0 aliphatic rings. The second-order valence-corrected chi connectivity index (χ2v) is 7.67. The van der Waals surface area contributed by atoms with Gasteiger partial charge >= 0.3 is 0 Å². The third kappa shape index (κ3) is 6.98. The summed E-state index contributed by atoms with van der Waals surface area (Å²) in [5.74, 6) is 0.913. The van der Waals surface area contributed by atoms with Crippen molar-refractivity contribution in [1.29, 1.82) is 0 Å². The average molecular weight is 462 g/mol. The number of thiocarbonyl (C=S) groups is 1. The van der Waals surface area contributed by atoms with Gasteiger partial charge in [0.15, 0.2) is 5.11 Å². The van der Waals surface area contributed by atoms with Crippen molar-refractivity contribution in [2.75, 3.05) is 18.0 Å². The van der Waals surface area contributed by atoms with Crippen LogP contribution in [-0.4, -0.2) is 23.2 Å². The lowest BCUT2D eigenvalue weighted by Crippen LogP contribution is -2.30. The van der Waals surface area contributed by atoms with Crippen LogP contribution in [0, 0.1) is 0 Å². The Hall–Kier alpha value is -1.08. The largest absolute Gasteiger partial charge is 0.376 e. The molecule has 4 nitrogen and oxygen atoms in total. The van der Waals surface area contributed by atoms with E-state index in [1.165, 1.54) is 0 Å². The minimum atomic E-state index is 0.335. The number of pyridine rings is 1. The first kappa shape index (κ1) is 20.2. The van der Waals surface area contributed by atoms with Crippen molar-refractivity contribution in [1.82, 2.24) is 10.3 Å². The molecule has 0 amide bonds. The van der Waals surface area contributed by atoms with Gasteiger partial charge in [0.1, 0.15) is 5.82 Å². The van der Waals surface area contributed by atoms with Gasteiger partial charge in [-0.15, -0.1) is 0 Å². The predicted molar refractivity (Wildman–Crippen MR) is 113 cm³/mol. The average Bonchev–Trinajstić information content (AvgIpc) is 2.57. The Bertz CT molecular complexity index is 712. The minimum Gasteiger partial charge on any atom is -0.376 e. The highest BCUT2D eigenvalue weighted by atomic mass is 79.9. The first-order chi connectivity index (χ1) is 12.0. The van der Waals surface area contributed by atoms with Crippen molar-refractivity contribution in [3.05, 3.63) is 56.6 Å². The zero-order valence-electron chi connectivity index (χ0n) is 13.5. The maximum Gasteiger partial charge on any atom is 0.163 e. The van der Waals surface area contributed by atoms with Crippen LogP contribution in [-0.2, 0) is 6.54 Å². The Morgan fingerprint density at radius 1 is 1.20 bits per heavy atom. The second-order valence-electron chi connectivity index (χ2n) is 5.50. The monoisotopic (exact) mass is 460 g/mol. The molecule has 0 saturated carbocycles. The third-order valence-electron chi connectivity index (χ3n) is 3.55. The summed E-state index contributed by atoms with van der Waals surface area (Å²) in [6, 6.07) is 9.67. The van der Waals surface area contributed by atoms with Gasteiger partial charge in [0.25, 0.3) is 0 Å². The van der Waals surface area contributed by atoms with Gasteiger partial charge in [0.2, 0.25) is 0 Å². The van der Waals surface area contributed by atoms with Crippen LogP contribution in [0.15, 0.2) is 41.0 Å². The molecule has 1 heterocycles. The van der Waals surface area contributed by atoms with Crippen LogP contribution in [0.1, 0.15) is 18.4 Å². The lowest BCUT2D eigenvalue weighted by molar-refractivity contribution is 0.667. The van der Waals surface area contributed by atoms with Crippen LogP contribution >= 0.6 is 51.3 Å². The van der Waals surface area contributed by atoms with Crippen LogP contribution in [0.2, 0.25) is 10.0 Å². The smallest absolute Gasteiger partial charge is 0.163 e. The fourth-order valence-corrected chi connectivity index (χ4v) is 2.98. The molecule has 0 saturated heterocycles. The molecule has 1 aromatic heterocycles. The van der Waals surface area contributed by atoms with E-state index in [1.807, 2.05) is 30.3 Å². The summed E-state index contributed by atoms with van der Waals surface area (Å²) in [5, 5.41) is 4.42. The molecule has 0 bridgehead atoms. The number of nitrogens with zero attached hydrogens (tertiary/aromatic N) is 2. The number of rotatable bonds is 8. The molecule has 0 aliphatic heterocycles. The number of nitrogens with one attached hydrogen (secondary N) is 1. The topological polar surface area (TPSA) is 54.2 Å². The fourth-order valence-electron chi connectivity index (χ4n) is 2.33. The van der Waals surface area contributed by atoms with Crippen molar-refractivity contribution >= 4 is 62.3 Å². The highest BCUT2D eigenvalue weighted by Gasteiger charge is 2.10. The Morgan fingerprint density at radius 3 is 2.64 bits per heavy atom.